The molecule has 1 saturated carbocycles. The Balaban J connectivity index is 0.00000138. The number of halogens is 3. The Morgan fingerprint density at radius 3 is 2.31 bits per heavy atom. The number of amides is 1. The highest BCUT2D eigenvalue weighted by molar-refractivity contribution is 6.29. The Bertz CT molecular complexity index is 1270. The summed E-state index contributed by atoms with van der Waals surface area (Å²) >= 11 is 6.01. The average molecular weight is 601 g/mol. The van der Waals surface area contributed by atoms with Gasteiger partial charge in [0.2, 0.25) is 0 Å². The van der Waals surface area contributed by atoms with Gasteiger partial charge in [-0.15, -0.1) is 0 Å². The van der Waals surface area contributed by atoms with Crippen LogP contribution in [0.15, 0.2) is 49.0 Å². The van der Waals surface area contributed by atoms with Gasteiger partial charge in [0.1, 0.15) is 28.3 Å². The second kappa shape index (κ2) is 18.4. The molecule has 1 fully saturated rings. The van der Waals surface area contributed by atoms with Crippen LogP contribution >= 0.6 is 11.6 Å². The summed E-state index contributed by atoms with van der Waals surface area (Å²) in [6.45, 7) is 19.7. The molecule has 2 aromatic carbocycles. The molecule has 1 aliphatic carbocycles. The van der Waals surface area contributed by atoms with Crippen molar-refractivity contribution in [2.24, 2.45) is 0 Å². The summed E-state index contributed by atoms with van der Waals surface area (Å²) in [5.74, 6) is -1.29. The predicted octanol–water partition coefficient (Wildman–Crippen LogP) is 8.76. The van der Waals surface area contributed by atoms with Crippen molar-refractivity contribution in [1.29, 1.82) is 0 Å². The quantitative estimate of drug-likeness (QED) is 0.228. The number of aromatic nitrogens is 2. The predicted molar refractivity (Wildman–Crippen MR) is 172 cm³/mol. The Kier molecular flexibility index (Phi) is 16.1. The fraction of sp³-hybridized carbons (Fsp3) is 0.441. The number of nitrogens with zero attached hydrogens (tertiary/aromatic N) is 2. The summed E-state index contributed by atoms with van der Waals surface area (Å²) in [4.78, 5) is 21.2. The maximum absolute atomic E-state index is 14.2. The largest absolute Gasteiger partial charge is 0.348 e. The van der Waals surface area contributed by atoms with E-state index in [0.29, 0.717) is 29.9 Å². The topological polar surface area (TPSA) is 66.9 Å². The summed E-state index contributed by atoms with van der Waals surface area (Å²) in [6, 6.07) is 11.5. The molecule has 230 valence electrons. The van der Waals surface area contributed by atoms with E-state index in [0.717, 1.165) is 24.5 Å². The zero-order chi connectivity index (χ0) is 31.9. The molecule has 0 bridgehead atoms. The molecule has 0 aliphatic heterocycles. The van der Waals surface area contributed by atoms with E-state index in [9.17, 15) is 13.6 Å². The van der Waals surface area contributed by atoms with Crippen molar-refractivity contribution in [3.63, 3.8) is 0 Å². The van der Waals surface area contributed by atoms with Gasteiger partial charge in [-0.05, 0) is 80.5 Å². The van der Waals surface area contributed by atoms with Crippen LogP contribution in [0.2, 0.25) is 5.15 Å². The maximum Gasteiger partial charge on any atom is 0.270 e. The molecule has 0 radical (unpaired) electrons. The van der Waals surface area contributed by atoms with Gasteiger partial charge in [0, 0.05) is 23.7 Å². The van der Waals surface area contributed by atoms with Crippen LogP contribution in [-0.2, 0) is 12.0 Å². The van der Waals surface area contributed by atoms with Crippen LogP contribution in [0.4, 0.5) is 8.78 Å². The van der Waals surface area contributed by atoms with Gasteiger partial charge in [-0.3, -0.25) is 4.79 Å². The number of nitrogens with one attached hydrogen (secondary N) is 2. The van der Waals surface area contributed by atoms with E-state index >= 15 is 0 Å². The molecule has 1 aliphatic rings. The number of aryl methyl sites for hydroxylation is 1. The molecular weight excluding hydrogens is 554 g/mol. The third kappa shape index (κ3) is 10.6. The zero-order valence-electron chi connectivity index (χ0n) is 26.4. The Labute approximate surface area is 256 Å². The highest BCUT2D eigenvalue weighted by atomic mass is 35.5. The molecule has 1 aromatic heterocycles. The number of hydrogen-bond acceptors (Lipinski definition) is 4. The van der Waals surface area contributed by atoms with Crippen LogP contribution in [0.1, 0.15) is 99.4 Å². The Morgan fingerprint density at radius 2 is 1.71 bits per heavy atom. The SMILES string of the molecule is C=Cc1cccc(C2(NCC[C@H](Cc3cc(F)cc(F)c3C)NC(=O)c3cc(Cl)nc(C)n3)CC2)c1.CC.CC.CC. The van der Waals surface area contributed by atoms with Gasteiger partial charge in [-0.25, -0.2) is 18.7 Å². The van der Waals surface area contributed by atoms with E-state index in [2.05, 4.69) is 39.3 Å². The number of benzene rings is 2. The lowest BCUT2D eigenvalue weighted by atomic mass is 9.97. The highest BCUT2D eigenvalue weighted by Crippen LogP contribution is 2.45. The highest BCUT2D eigenvalue weighted by Gasteiger charge is 2.43. The van der Waals surface area contributed by atoms with Crippen LogP contribution in [0.25, 0.3) is 6.08 Å². The van der Waals surface area contributed by atoms with Crippen LogP contribution in [0.5, 0.6) is 0 Å². The molecule has 42 heavy (non-hydrogen) atoms. The fourth-order valence-corrected chi connectivity index (χ4v) is 4.68. The number of carbonyl (C=O) groups excluding carboxylic acids is 1. The maximum atomic E-state index is 14.2. The lowest BCUT2D eigenvalue weighted by Gasteiger charge is -2.23. The van der Waals surface area contributed by atoms with Crippen molar-refractivity contribution < 1.29 is 13.6 Å². The first-order chi connectivity index (χ1) is 20.2. The molecule has 1 heterocycles. The van der Waals surface area contributed by atoms with Crippen LogP contribution < -0.4 is 10.6 Å². The molecule has 1 atom stereocenters. The first-order valence-electron chi connectivity index (χ1n) is 14.9. The van der Waals surface area contributed by atoms with Gasteiger partial charge in [-0.1, -0.05) is 84.0 Å². The molecule has 0 spiro atoms. The summed E-state index contributed by atoms with van der Waals surface area (Å²) in [6.07, 6.45) is 4.66. The second-order valence-electron chi connectivity index (χ2n) is 9.30. The number of rotatable bonds is 10. The lowest BCUT2D eigenvalue weighted by molar-refractivity contribution is 0.0929. The monoisotopic (exact) mass is 600 g/mol. The first-order valence-corrected chi connectivity index (χ1v) is 15.3. The van der Waals surface area contributed by atoms with Crippen molar-refractivity contribution in [2.45, 2.75) is 92.7 Å². The molecular formula is C34H47ClF2N4O. The molecule has 3 aromatic rings. The minimum atomic E-state index is -0.645. The van der Waals surface area contributed by atoms with Gasteiger partial charge in [0.25, 0.3) is 5.91 Å². The van der Waals surface area contributed by atoms with Crippen LogP contribution in [0.3, 0.4) is 0 Å². The van der Waals surface area contributed by atoms with Crippen molar-refractivity contribution in [1.82, 2.24) is 20.6 Å². The smallest absolute Gasteiger partial charge is 0.270 e. The summed E-state index contributed by atoms with van der Waals surface area (Å²) in [5, 5.41) is 6.80. The van der Waals surface area contributed by atoms with E-state index in [1.807, 2.05) is 59.8 Å². The first kappa shape index (κ1) is 36.9. The van der Waals surface area contributed by atoms with E-state index in [1.165, 1.54) is 17.7 Å². The molecule has 8 heteroatoms. The van der Waals surface area contributed by atoms with Gasteiger partial charge in [0.05, 0.1) is 0 Å². The van der Waals surface area contributed by atoms with E-state index < -0.39 is 23.6 Å². The van der Waals surface area contributed by atoms with Crippen LogP contribution in [0, 0.1) is 25.5 Å². The Hall–Kier alpha value is -3.16. The number of carbonyl (C=O) groups is 1. The summed E-state index contributed by atoms with van der Waals surface area (Å²) in [5.41, 5.74) is 3.18. The Morgan fingerprint density at radius 1 is 1.05 bits per heavy atom. The molecule has 0 unspecified atom stereocenters. The van der Waals surface area contributed by atoms with Crippen molar-refractivity contribution in [2.75, 3.05) is 6.54 Å². The van der Waals surface area contributed by atoms with Gasteiger partial charge in [-0.2, -0.15) is 0 Å². The summed E-state index contributed by atoms with van der Waals surface area (Å²) in [7, 11) is 0. The molecule has 0 saturated heterocycles. The molecule has 5 nitrogen and oxygen atoms in total. The minimum absolute atomic E-state index is 0.105. The molecule has 2 N–H and O–H groups in total. The van der Waals surface area contributed by atoms with E-state index in [-0.39, 0.29) is 22.8 Å². The van der Waals surface area contributed by atoms with E-state index in [4.69, 9.17) is 11.6 Å². The van der Waals surface area contributed by atoms with Gasteiger partial charge < -0.3 is 10.6 Å². The van der Waals surface area contributed by atoms with Crippen molar-refractivity contribution in [3.05, 3.63) is 99.6 Å². The third-order valence-electron chi connectivity index (χ3n) is 6.64. The second-order valence-corrected chi connectivity index (χ2v) is 9.68. The van der Waals surface area contributed by atoms with Gasteiger partial charge >= 0.3 is 0 Å². The van der Waals surface area contributed by atoms with E-state index in [1.54, 1.807) is 13.8 Å². The normalized spacial score (nSPS) is 13.1. The molecule has 4 rings (SSSR count). The summed E-state index contributed by atoms with van der Waals surface area (Å²) < 4.78 is 28.2. The average Bonchev–Trinajstić information content (AvgIpc) is 3.79. The standard InChI is InChI=1S/C28H29ClF2N4O.3C2H6/c1-4-19-6-5-7-21(12-19)28(9-10-28)32-11-8-23(14-20-13-22(30)15-24(31)17(20)2)35-27(36)25-16-26(29)34-18(3)33-25;3*1-2/h4-7,12-13,15-16,23,32H,1,8-11,14H2,2-3H3,(H,35,36);3*1-2H3/t23-;;;/m1.../s1. The van der Waals surface area contributed by atoms with Crippen molar-refractivity contribution >= 4 is 23.6 Å². The number of hydrogen-bond donors (Lipinski definition) is 2. The van der Waals surface area contributed by atoms with Gasteiger partial charge in [0.15, 0.2) is 0 Å². The fourth-order valence-electron chi connectivity index (χ4n) is 4.45. The third-order valence-corrected chi connectivity index (χ3v) is 6.83. The lowest BCUT2D eigenvalue weighted by Crippen LogP contribution is -2.40. The van der Waals surface area contributed by atoms with Crippen LogP contribution in [-0.4, -0.2) is 28.5 Å². The molecule has 1 amide bonds. The minimum Gasteiger partial charge on any atom is -0.348 e. The zero-order valence-corrected chi connectivity index (χ0v) is 27.1. The van der Waals surface area contributed by atoms with Crippen molar-refractivity contribution in [3.8, 4) is 0 Å².